The van der Waals surface area contributed by atoms with E-state index in [9.17, 15) is 9.59 Å². The Kier molecular flexibility index (Phi) is 6.91. The molecule has 1 fully saturated rings. The van der Waals surface area contributed by atoms with Crippen molar-refractivity contribution in [2.75, 3.05) is 13.2 Å². The van der Waals surface area contributed by atoms with Gasteiger partial charge in [0, 0.05) is 6.54 Å². The second-order valence-electron chi connectivity index (χ2n) is 7.14. The minimum atomic E-state index is -0.467. The molecular formula is C26H21NO4S2. The van der Waals surface area contributed by atoms with E-state index < -0.39 is 5.97 Å². The summed E-state index contributed by atoms with van der Waals surface area (Å²) in [6.07, 6.45) is 3.39. The molecule has 7 heteroatoms. The van der Waals surface area contributed by atoms with Gasteiger partial charge in [0.2, 0.25) is 0 Å². The van der Waals surface area contributed by atoms with E-state index in [1.165, 1.54) is 16.7 Å². The molecule has 3 aromatic rings. The molecule has 0 unspecified atom stereocenters. The van der Waals surface area contributed by atoms with Crippen molar-refractivity contribution in [3.63, 3.8) is 0 Å². The van der Waals surface area contributed by atoms with Crippen LogP contribution in [-0.2, 0) is 4.79 Å². The highest BCUT2D eigenvalue weighted by atomic mass is 32.2. The standard InChI is InChI=1S/C26H21NO4S2/c1-3-14-27-24(28)23(33-26(27)32)16-17-12-13-21(22(15-17)30-4-2)31-25(29)20-11-7-9-18-8-5-6-10-19(18)20/h3,5-13,15-16H,1,4,14H2,2H3/b23-16-. The zero-order valence-electron chi connectivity index (χ0n) is 17.9. The summed E-state index contributed by atoms with van der Waals surface area (Å²) in [5.74, 6) is 0.104. The number of hydrogen-bond acceptors (Lipinski definition) is 6. The van der Waals surface area contributed by atoms with Crippen molar-refractivity contribution in [3.8, 4) is 11.5 Å². The van der Waals surface area contributed by atoms with Crippen molar-refractivity contribution in [1.29, 1.82) is 0 Å². The molecule has 166 valence electrons. The van der Waals surface area contributed by atoms with Crippen LogP contribution in [0.15, 0.2) is 78.2 Å². The van der Waals surface area contributed by atoms with Crippen LogP contribution >= 0.6 is 24.0 Å². The first-order chi connectivity index (χ1) is 16.0. The number of thiocarbonyl (C=S) groups is 1. The van der Waals surface area contributed by atoms with Crippen LogP contribution in [-0.4, -0.2) is 34.2 Å². The van der Waals surface area contributed by atoms with Gasteiger partial charge in [-0.15, -0.1) is 6.58 Å². The maximum atomic E-state index is 13.0. The van der Waals surface area contributed by atoms with Crippen LogP contribution in [0, 0.1) is 0 Å². The maximum absolute atomic E-state index is 13.0. The predicted octanol–water partition coefficient (Wildman–Crippen LogP) is 5.84. The summed E-state index contributed by atoms with van der Waals surface area (Å²) in [6, 6.07) is 18.4. The van der Waals surface area contributed by atoms with Crippen LogP contribution in [0.4, 0.5) is 0 Å². The summed E-state index contributed by atoms with van der Waals surface area (Å²) >= 11 is 6.53. The smallest absolute Gasteiger partial charge is 0.344 e. The Morgan fingerprint density at radius 3 is 2.70 bits per heavy atom. The monoisotopic (exact) mass is 475 g/mol. The second kappa shape index (κ2) is 10.0. The highest BCUT2D eigenvalue weighted by molar-refractivity contribution is 8.26. The number of fused-ring (bicyclic) bond motifs is 1. The molecule has 0 atom stereocenters. The topological polar surface area (TPSA) is 55.8 Å². The lowest BCUT2D eigenvalue weighted by atomic mass is 10.0. The molecule has 0 aromatic heterocycles. The minimum Gasteiger partial charge on any atom is -0.490 e. The Morgan fingerprint density at radius 1 is 1.12 bits per heavy atom. The van der Waals surface area contributed by atoms with Gasteiger partial charge in [0.15, 0.2) is 11.5 Å². The molecule has 0 radical (unpaired) electrons. The number of amides is 1. The number of thioether (sulfide) groups is 1. The maximum Gasteiger partial charge on any atom is 0.344 e. The Morgan fingerprint density at radius 2 is 1.91 bits per heavy atom. The van der Waals surface area contributed by atoms with E-state index in [2.05, 4.69) is 6.58 Å². The molecule has 1 heterocycles. The Hall–Kier alpha value is -3.42. The number of hydrogen-bond donors (Lipinski definition) is 0. The van der Waals surface area contributed by atoms with E-state index in [-0.39, 0.29) is 5.91 Å². The first-order valence-corrected chi connectivity index (χ1v) is 11.6. The largest absolute Gasteiger partial charge is 0.490 e. The van der Waals surface area contributed by atoms with E-state index in [1.54, 1.807) is 36.4 Å². The molecule has 0 spiro atoms. The molecular weight excluding hydrogens is 454 g/mol. The third-order valence-corrected chi connectivity index (χ3v) is 6.34. The van der Waals surface area contributed by atoms with Gasteiger partial charge in [0.1, 0.15) is 4.32 Å². The highest BCUT2D eigenvalue weighted by Crippen LogP contribution is 2.35. The van der Waals surface area contributed by atoms with Crippen molar-refractivity contribution in [3.05, 3.63) is 89.4 Å². The molecule has 33 heavy (non-hydrogen) atoms. The summed E-state index contributed by atoms with van der Waals surface area (Å²) in [5.41, 5.74) is 1.22. The first-order valence-electron chi connectivity index (χ1n) is 10.3. The highest BCUT2D eigenvalue weighted by Gasteiger charge is 2.31. The summed E-state index contributed by atoms with van der Waals surface area (Å²) < 4.78 is 11.9. The van der Waals surface area contributed by atoms with Crippen LogP contribution in [0.1, 0.15) is 22.8 Å². The average Bonchev–Trinajstić information content (AvgIpc) is 3.08. The van der Waals surface area contributed by atoms with Crippen molar-refractivity contribution in [1.82, 2.24) is 4.90 Å². The molecule has 0 bridgehead atoms. The average molecular weight is 476 g/mol. The van der Waals surface area contributed by atoms with Gasteiger partial charge in [0.05, 0.1) is 17.1 Å². The van der Waals surface area contributed by atoms with Crippen LogP contribution in [0.2, 0.25) is 0 Å². The molecule has 0 N–H and O–H groups in total. The zero-order valence-corrected chi connectivity index (χ0v) is 19.6. The predicted molar refractivity (Wildman–Crippen MR) is 137 cm³/mol. The van der Waals surface area contributed by atoms with E-state index in [4.69, 9.17) is 21.7 Å². The lowest BCUT2D eigenvalue weighted by Gasteiger charge is -2.12. The number of esters is 1. The third kappa shape index (κ3) is 4.84. The Bertz CT molecular complexity index is 1290. The fourth-order valence-corrected chi connectivity index (χ4v) is 4.74. The van der Waals surface area contributed by atoms with Crippen molar-refractivity contribution in [2.24, 2.45) is 0 Å². The van der Waals surface area contributed by atoms with Crippen LogP contribution in [0.25, 0.3) is 16.8 Å². The molecule has 0 saturated carbocycles. The number of carbonyl (C=O) groups is 2. The normalized spacial score (nSPS) is 14.7. The van der Waals surface area contributed by atoms with Gasteiger partial charge in [-0.2, -0.15) is 0 Å². The first kappa shape index (κ1) is 22.8. The lowest BCUT2D eigenvalue weighted by molar-refractivity contribution is -0.121. The second-order valence-corrected chi connectivity index (χ2v) is 8.81. The number of carbonyl (C=O) groups excluding carboxylic acids is 2. The molecule has 1 aliphatic rings. The number of nitrogens with zero attached hydrogens (tertiary/aromatic N) is 1. The van der Waals surface area contributed by atoms with Crippen LogP contribution < -0.4 is 9.47 Å². The van der Waals surface area contributed by atoms with Gasteiger partial charge in [-0.25, -0.2) is 4.79 Å². The third-order valence-electron chi connectivity index (χ3n) is 4.96. The molecule has 1 amide bonds. The lowest BCUT2D eigenvalue weighted by Crippen LogP contribution is -2.27. The van der Waals surface area contributed by atoms with Crippen LogP contribution in [0.3, 0.4) is 0 Å². The fraction of sp³-hybridized carbons (Fsp3) is 0.115. The van der Waals surface area contributed by atoms with Gasteiger partial charge < -0.3 is 9.47 Å². The van der Waals surface area contributed by atoms with Crippen molar-refractivity contribution >= 4 is 57.0 Å². The molecule has 1 aliphatic heterocycles. The van der Waals surface area contributed by atoms with Crippen molar-refractivity contribution in [2.45, 2.75) is 6.92 Å². The van der Waals surface area contributed by atoms with Gasteiger partial charge in [-0.05, 0) is 47.5 Å². The molecule has 3 aromatic carbocycles. The molecule has 4 rings (SSSR count). The van der Waals surface area contributed by atoms with E-state index in [1.807, 2.05) is 43.3 Å². The minimum absolute atomic E-state index is 0.158. The van der Waals surface area contributed by atoms with Crippen LogP contribution in [0.5, 0.6) is 11.5 Å². The summed E-state index contributed by atoms with van der Waals surface area (Å²) in [6.45, 7) is 6.28. The molecule has 1 saturated heterocycles. The van der Waals surface area contributed by atoms with Gasteiger partial charge >= 0.3 is 5.97 Å². The summed E-state index contributed by atoms with van der Waals surface area (Å²) in [7, 11) is 0. The van der Waals surface area contributed by atoms with E-state index in [0.717, 1.165) is 16.3 Å². The Balaban J connectivity index is 1.61. The van der Waals surface area contributed by atoms with Gasteiger partial charge in [0.25, 0.3) is 5.91 Å². The Labute approximate surface area is 201 Å². The SMILES string of the molecule is C=CCN1C(=O)/C(=C/c2ccc(OC(=O)c3cccc4ccccc34)c(OCC)c2)SC1=S. The van der Waals surface area contributed by atoms with E-state index in [0.29, 0.717) is 39.4 Å². The van der Waals surface area contributed by atoms with E-state index >= 15 is 0 Å². The quantitative estimate of drug-likeness (QED) is 0.141. The zero-order chi connectivity index (χ0) is 23.4. The summed E-state index contributed by atoms with van der Waals surface area (Å²) in [4.78, 5) is 27.6. The number of benzene rings is 3. The van der Waals surface area contributed by atoms with Crippen molar-refractivity contribution < 1.29 is 19.1 Å². The molecule has 5 nitrogen and oxygen atoms in total. The summed E-state index contributed by atoms with van der Waals surface area (Å²) in [5, 5.41) is 1.78. The fourth-order valence-electron chi connectivity index (χ4n) is 3.46. The van der Waals surface area contributed by atoms with Gasteiger partial charge in [-0.1, -0.05) is 72.5 Å². The molecule has 0 aliphatic carbocycles. The van der Waals surface area contributed by atoms with Gasteiger partial charge in [-0.3, -0.25) is 9.69 Å². The number of ether oxygens (including phenoxy) is 2. The number of rotatable bonds is 7.